The van der Waals surface area contributed by atoms with Gasteiger partial charge in [0.05, 0.1) is 5.92 Å². The normalized spacial score (nSPS) is 14.2. The molecule has 0 radical (unpaired) electrons. The second-order valence-corrected chi connectivity index (χ2v) is 6.03. The lowest BCUT2D eigenvalue weighted by molar-refractivity contribution is -0.120. The largest absolute Gasteiger partial charge is 0.355 e. The molecule has 4 rings (SSSR count). The van der Waals surface area contributed by atoms with Gasteiger partial charge in [0.2, 0.25) is 5.91 Å². The second-order valence-electron chi connectivity index (χ2n) is 6.03. The number of hydrogen-bond acceptors (Lipinski definition) is 6. The van der Waals surface area contributed by atoms with E-state index in [2.05, 4.69) is 25.4 Å². The molecular formula is C17H17N7O. The summed E-state index contributed by atoms with van der Waals surface area (Å²) in [4.78, 5) is 26.7. The van der Waals surface area contributed by atoms with Crippen LogP contribution in [0.15, 0.2) is 49.3 Å². The Labute approximate surface area is 144 Å². The van der Waals surface area contributed by atoms with Crippen molar-refractivity contribution in [2.75, 3.05) is 23.3 Å². The van der Waals surface area contributed by atoms with Gasteiger partial charge < -0.3 is 10.2 Å². The lowest BCUT2D eigenvalue weighted by atomic mass is 9.99. The maximum absolute atomic E-state index is 12.3. The van der Waals surface area contributed by atoms with Crippen molar-refractivity contribution in [1.29, 1.82) is 0 Å². The van der Waals surface area contributed by atoms with E-state index in [4.69, 9.17) is 0 Å². The van der Waals surface area contributed by atoms with Crippen LogP contribution < -0.4 is 10.2 Å². The van der Waals surface area contributed by atoms with E-state index in [9.17, 15) is 4.79 Å². The molecule has 2 aromatic heterocycles. The van der Waals surface area contributed by atoms with Gasteiger partial charge in [-0.05, 0) is 19.1 Å². The fourth-order valence-electron chi connectivity index (χ4n) is 2.67. The zero-order valence-corrected chi connectivity index (χ0v) is 13.7. The van der Waals surface area contributed by atoms with Gasteiger partial charge in [0.15, 0.2) is 5.82 Å². The van der Waals surface area contributed by atoms with Gasteiger partial charge in [-0.25, -0.2) is 19.6 Å². The summed E-state index contributed by atoms with van der Waals surface area (Å²) in [7, 11) is 0. The number of hydrogen-bond donors (Lipinski definition) is 1. The van der Waals surface area contributed by atoms with E-state index in [1.807, 2.05) is 42.2 Å². The molecule has 8 nitrogen and oxygen atoms in total. The smallest absolute Gasteiger partial charge is 0.231 e. The molecular weight excluding hydrogens is 318 g/mol. The van der Waals surface area contributed by atoms with Gasteiger partial charge in [-0.3, -0.25) is 4.79 Å². The fourth-order valence-corrected chi connectivity index (χ4v) is 2.67. The predicted molar refractivity (Wildman–Crippen MR) is 92.5 cm³/mol. The molecule has 126 valence electrons. The van der Waals surface area contributed by atoms with Crippen molar-refractivity contribution in [3.8, 4) is 5.82 Å². The molecule has 1 aliphatic heterocycles. The van der Waals surface area contributed by atoms with Crippen LogP contribution >= 0.6 is 0 Å². The van der Waals surface area contributed by atoms with Crippen molar-refractivity contribution in [2.24, 2.45) is 5.92 Å². The summed E-state index contributed by atoms with van der Waals surface area (Å²) in [6.45, 7) is 3.28. The van der Waals surface area contributed by atoms with E-state index >= 15 is 0 Å². The standard InChI is InChI=1S/C17H17N7O/c1-12-2-4-14(5-3-12)22-17(25)13-7-23(8-13)15-6-16(20-10-19-15)24-11-18-9-21-24/h2-6,9-11,13H,7-8H2,1H3,(H,22,25). The first-order chi connectivity index (χ1) is 12.2. The highest BCUT2D eigenvalue weighted by Crippen LogP contribution is 2.24. The highest BCUT2D eigenvalue weighted by molar-refractivity contribution is 5.94. The minimum atomic E-state index is -0.0499. The van der Waals surface area contributed by atoms with Crippen LogP contribution in [0, 0.1) is 12.8 Å². The summed E-state index contributed by atoms with van der Waals surface area (Å²) in [5.41, 5.74) is 1.99. The number of rotatable bonds is 4. The molecule has 25 heavy (non-hydrogen) atoms. The highest BCUT2D eigenvalue weighted by Gasteiger charge is 2.33. The van der Waals surface area contributed by atoms with Gasteiger partial charge in [0.25, 0.3) is 0 Å². The van der Waals surface area contributed by atoms with Crippen molar-refractivity contribution in [3.63, 3.8) is 0 Å². The van der Waals surface area contributed by atoms with Crippen molar-refractivity contribution < 1.29 is 4.79 Å². The second kappa shape index (κ2) is 6.31. The topological polar surface area (TPSA) is 88.8 Å². The number of amides is 1. The number of aryl methyl sites for hydroxylation is 1. The van der Waals surface area contributed by atoms with Gasteiger partial charge in [-0.15, -0.1) is 0 Å². The van der Waals surface area contributed by atoms with E-state index in [1.54, 1.807) is 11.0 Å². The maximum atomic E-state index is 12.3. The van der Waals surface area contributed by atoms with Crippen LogP contribution in [0.5, 0.6) is 0 Å². The third-order valence-electron chi connectivity index (χ3n) is 4.19. The van der Waals surface area contributed by atoms with Crippen LogP contribution in [0.2, 0.25) is 0 Å². The summed E-state index contributed by atoms with van der Waals surface area (Å²) in [6, 6.07) is 9.63. The quantitative estimate of drug-likeness (QED) is 0.776. The van der Waals surface area contributed by atoms with Crippen LogP contribution in [-0.4, -0.2) is 43.7 Å². The Morgan fingerprint density at radius 2 is 1.88 bits per heavy atom. The molecule has 3 aromatic rings. The number of carbonyl (C=O) groups is 1. The van der Waals surface area contributed by atoms with Gasteiger partial charge >= 0.3 is 0 Å². The van der Waals surface area contributed by atoms with E-state index in [0.29, 0.717) is 18.9 Å². The number of carbonyl (C=O) groups excluding carboxylic acids is 1. The monoisotopic (exact) mass is 335 g/mol. The predicted octanol–water partition coefficient (Wildman–Crippen LogP) is 1.44. The average Bonchev–Trinajstić information content (AvgIpc) is 3.10. The third-order valence-corrected chi connectivity index (χ3v) is 4.19. The lowest BCUT2D eigenvalue weighted by Crippen LogP contribution is -2.52. The average molecular weight is 335 g/mol. The van der Waals surface area contributed by atoms with Gasteiger partial charge in [0.1, 0.15) is 24.8 Å². The highest BCUT2D eigenvalue weighted by atomic mass is 16.2. The minimum Gasteiger partial charge on any atom is -0.355 e. The van der Waals surface area contributed by atoms with Crippen LogP contribution in [0.25, 0.3) is 5.82 Å². The number of anilines is 2. The molecule has 0 saturated carbocycles. The lowest BCUT2D eigenvalue weighted by Gasteiger charge is -2.39. The summed E-state index contributed by atoms with van der Waals surface area (Å²) < 4.78 is 1.58. The molecule has 1 aliphatic rings. The molecule has 0 aliphatic carbocycles. The molecule has 3 heterocycles. The van der Waals surface area contributed by atoms with Crippen molar-refractivity contribution in [1.82, 2.24) is 24.7 Å². The van der Waals surface area contributed by atoms with Gasteiger partial charge in [0, 0.05) is 24.8 Å². The molecule has 0 spiro atoms. The summed E-state index contributed by atoms with van der Waals surface area (Å²) in [5.74, 6) is 1.41. The number of nitrogens with zero attached hydrogens (tertiary/aromatic N) is 6. The van der Waals surface area contributed by atoms with E-state index in [1.165, 1.54) is 18.2 Å². The number of benzene rings is 1. The van der Waals surface area contributed by atoms with Crippen molar-refractivity contribution in [2.45, 2.75) is 6.92 Å². The SMILES string of the molecule is Cc1ccc(NC(=O)C2CN(c3cc(-n4cncn4)ncn3)C2)cc1. The van der Waals surface area contributed by atoms with Crippen LogP contribution in [0.4, 0.5) is 11.5 Å². The molecule has 1 amide bonds. The molecule has 0 atom stereocenters. The Morgan fingerprint density at radius 1 is 1.12 bits per heavy atom. The fraction of sp³-hybridized carbons (Fsp3) is 0.235. The molecule has 0 unspecified atom stereocenters. The maximum Gasteiger partial charge on any atom is 0.231 e. The van der Waals surface area contributed by atoms with Crippen molar-refractivity contribution in [3.05, 3.63) is 54.9 Å². The van der Waals surface area contributed by atoms with E-state index in [-0.39, 0.29) is 11.8 Å². The van der Waals surface area contributed by atoms with Gasteiger partial charge in [-0.2, -0.15) is 5.10 Å². The Morgan fingerprint density at radius 3 is 2.60 bits per heavy atom. The zero-order valence-electron chi connectivity index (χ0n) is 13.7. The molecule has 8 heteroatoms. The van der Waals surface area contributed by atoms with E-state index in [0.717, 1.165) is 11.5 Å². The Balaban J connectivity index is 1.38. The van der Waals surface area contributed by atoms with Crippen molar-refractivity contribution >= 4 is 17.4 Å². The van der Waals surface area contributed by atoms with Crippen LogP contribution in [0.3, 0.4) is 0 Å². The molecule has 1 N–H and O–H groups in total. The minimum absolute atomic E-state index is 0.0330. The third kappa shape index (κ3) is 3.18. The Kier molecular flexibility index (Phi) is 3.85. The van der Waals surface area contributed by atoms with Crippen LogP contribution in [-0.2, 0) is 4.79 Å². The molecule has 1 aromatic carbocycles. The molecule has 1 fully saturated rings. The molecule has 0 bridgehead atoms. The van der Waals surface area contributed by atoms with Crippen LogP contribution in [0.1, 0.15) is 5.56 Å². The first-order valence-electron chi connectivity index (χ1n) is 7.98. The summed E-state index contributed by atoms with van der Waals surface area (Å²) in [6.07, 6.45) is 4.53. The summed E-state index contributed by atoms with van der Waals surface area (Å²) in [5, 5.41) is 7.02. The zero-order chi connectivity index (χ0) is 17.2. The number of aromatic nitrogens is 5. The first kappa shape index (κ1) is 15.3. The van der Waals surface area contributed by atoms with Gasteiger partial charge in [-0.1, -0.05) is 17.7 Å². The summed E-state index contributed by atoms with van der Waals surface area (Å²) >= 11 is 0. The number of nitrogens with one attached hydrogen (secondary N) is 1. The Bertz CT molecular complexity index is 870. The molecule has 1 saturated heterocycles. The Hall–Kier alpha value is -3.29. The van der Waals surface area contributed by atoms with E-state index < -0.39 is 0 Å². The first-order valence-corrected chi connectivity index (χ1v) is 7.98.